The van der Waals surface area contributed by atoms with E-state index in [0.717, 1.165) is 0 Å². The van der Waals surface area contributed by atoms with E-state index in [0.29, 0.717) is 5.76 Å². The molecule has 3 nitrogen and oxygen atoms in total. The summed E-state index contributed by atoms with van der Waals surface area (Å²) in [7, 11) is 0. The third-order valence-electron chi connectivity index (χ3n) is 0.905. The third-order valence-corrected chi connectivity index (χ3v) is 0.905. The molecule has 0 aromatic rings. The van der Waals surface area contributed by atoms with Gasteiger partial charge in [0.2, 0.25) is 6.79 Å². The predicted molar refractivity (Wildman–Crippen MR) is 26.8 cm³/mol. The maximum Gasteiger partial charge on any atom is 0.230 e. The van der Waals surface area contributed by atoms with Crippen molar-refractivity contribution in [3.8, 4) is 0 Å². The Morgan fingerprint density at radius 1 is 1.88 bits per heavy atom. The monoisotopic (exact) mass is 116 g/mol. The summed E-state index contributed by atoms with van der Waals surface area (Å²) in [5.41, 5.74) is 0. The van der Waals surface area contributed by atoms with Crippen LogP contribution in [0.15, 0.2) is 12.0 Å². The Hall–Kier alpha value is -0.700. The minimum Gasteiger partial charge on any atom is -0.462 e. The third kappa shape index (κ3) is 0.924. The van der Waals surface area contributed by atoms with Crippen LogP contribution in [-0.2, 0) is 9.47 Å². The molecule has 1 N–H and O–H groups in total. The fourth-order valence-electron chi connectivity index (χ4n) is 0.471. The van der Waals surface area contributed by atoms with Crippen LogP contribution in [-0.4, -0.2) is 18.0 Å². The maximum atomic E-state index is 8.78. The number of ether oxygens (including phenoxy) is 2. The molecule has 8 heavy (non-hydrogen) atoms. The van der Waals surface area contributed by atoms with Crippen molar-refractivity contribution >= 4 is 0 Å². The first kappa shape index (κ1) is 5.44. The Kier molecular flexibility index (Phi) is 1.39. The van der Waals surface area contributed by atoms with Gasteiger partial charge in [0.15, 0.2) is 5.76 Å². The van der Waals surface area contributed by atoms with Gasteiger partial charge in [0, 0.05) is 0 Å². The Bertz CT molecular complexity index is 106. The van der Waals surface area contributed by atoms with Gasteiger partial charge in [-0.05, 0) is 6.92 Å². The van der Waals surface area contributed by atoms with E-state index in [-0.39, 0.29) is 6.79 Å². The average Bonchev–Trinajstić information content (AvgIpc) is 2.12. The van der Waals surface area contributed by atoms with E-state index in [1.54, 1.807) is 6.92 Å². The molecule has 0 saturated heterocycles. The van der Waals surface area contributed by atoms with E-state index < -0.39 is 6.10 Å². The van der Waals surface area contributed by atoms with Crippen molar-refractivity contribution in [2.24, 2.45) is 0 Å². The summed E-state index contributed by atoms with van der Waals surface area (Å²) in [5.74, 6) is 0.505. The minimum absolute atomic E-state index is 0.236. The molecule has 1 aliphatic rings. The van der Waals surface area contributed by atoms with Crippen LogP contribution in [0.2, 0.25) is 0 Å². The summed E-state index contributed by atoms with van der Waals surface area (Å²) in [6, 6.07) is 0. The van der Waals surface area contributed by atoms with Gasteiger partial charge in [-0.2, -0.15) is 0 Å². The second kappa shape index (κ2) is 2.05. The zero-order chi connectivity index (χ0) is 5.98. The molecule has 1 unspecified atom stereocenters. The van der Waals surface area contributed by atoms with Crippen LogP contribution in [0.25, 0.3) is 0 Å². The van der Waals surface area contributed by atoms with Crippen molar-refractivity contribution in [3.05, 3.63) is 12.0 Å². The van der Waals surface area contributed by atoms with Gasteiger partial charge < -0.3 is 14.6 Å². The highest BCUT2D eigenvalue weighted by Gasteiger charge is 2.10. The van der Waals surface area contributed by atoms with Crippen LogP contribution in [0, 0.1) is 0 Å². The average molecular weight is 116 g/mol. The molecule has 0 fully saturated rings. The molecule has 1 heterocycles. The molecule has 0 aromatic carbocycles. The van der Waals surface area contributed by atoms with Crippen molar-refractivity contribution < 1.29 is 14.6 Å². The molecular formula is C5H8O3. The lowest BCUT2D eigenvalue weighted by Gasteiger charge is -2.00. The smallest absolute Gasteiger partial charge is 0.230 e. The second-order valence-electron chi connectivity index (χ2n) is 1.63. The molecular weight excluding hydrogens is 108 g/mol. The van der Waals surface area contributed by atoms with Crippen LogP contribution in [0.3, 0.4) is 0 Å². The first-order valence-corrected chi connectivity index (χ1v) is 2.43. The largest absolute Gasteiger partial charge is 0.462 e. The van der Waals surface area contributed by atoms with Crippen molar-refractivity contribution in [1.82, 2.24) is 0 Å². The van der Waals surface area contributed by atoms with Crippen LogP contribution in [0.5, 0.6) is 0 Å². The van der Waals surface area contributed by atoms with Crippen LogP contribution in [0.4, 0.5) is 0 Å². The number of aliphatic hydroxyl groups is 1. The Labute approximate surface area is 47.5 Å². The molecule has 0 radical (unpaired) electrons. The van der Waals surface area contributed by atoms with Crippen molar-refractivity contribution in [3.63, 3.8) is 0 Å². The van der Waals surface area contributed by atoms with Gasteiger partial charge in [0.05, 0.1) is 0 Å². The van der Waals surface area contributed by atoms with E-state index in [2.05, 4.69) is 4.74 Å². The summed E-state index contributed by atoms with van der Waals surface area (Å²) in [4.78, 5) is 0. The molecule has 1 aliphatic heterocycles. The molecule has 0 amide bonds. The topological polar surface area (TPSA) is 38.7 Å². The van der Waals surface area contributed by atoms with Gasteiger partial charge in [-0.15, -0.1) is 0 Å². The summed E-state index contributed by atoms with van der Waals surface area (Å²) in [6.45, 7) is 1.86. The van der Waals surface area contributed by atoms with Gasteiger partial charge >= 0.3 is 0 Å². The second-order valence-corrected chi connectivity index (χ2v) is 1.63. The van der Waals surface area contributed by atoms with Gasteiger partial charge in [-0.1, -0.05) is 0 Å². The lowest BCUT2D eigenvalue weighted by Crippen LogP contribution is -2.03. The van der Waals surface area contributed by atoms with Gasteiger partial charge in [-0.3, -0.25) is 0 Å². The van der Waals surface area contributed by atoms with E-state index in [1.807, 2.05) is 0 Å². The Balaban J connectivity index is 2.45. The quantitative estimate of drug-likeness (QED) is 0.532. The Morgan fingerprint density at radius 2 is 2.62 bits per heavy atom. The lowest BCUT2D eigenvalue weighted by molar-refractivity contribution is 0.0542. The predicted octanol–water partition coefficient (Wildman–Crippen LogP) is 0.213. The molecule has 0 spiro atoms. The molecule has 1 rings (SSSR count). The van der Waals surface area contributed by atoms with Crippen molar-refractivity contribution in [2.75, 3.05) is 6.79 Å². The highest BCUT2D eigenvalue weighted by Crippen LogP contribution is 2.09. The van der Waals surface area contributed by atoms with Crippen LogP contribution in [0.1, 0.15) is 6.92 Å². The van der Waals surface area contributed by atoms with E-state index >= 15 is 0 Å². The number of hydrogen-bond acceptors (Lipinski definition) is 3. The molecule has 0 bridgehead atoms. The minimum atomic E-state index is -0.544. The van der Waals surface area contributed by atoms with E-state index in [1.165, 1.54) is 6.26 Å². The maximum absolute atomic E-state index is 8.78. The van der Waals surface area contributed by atoms with E-state index in [9.17, 15) is 0 Å². The normalized spacial score (nSPS) is 21.0. The summed E-state index contributed by atoms with van der Waals surface area (Å²) >= 11 is 0. The number of aliphatic hydroxyl groups excluding tert-OH is 1. The molecule has 46 valence electrons. The molecule has 3 heteroatoms. The zero-order valence-corrected chi connectivity index (χ0v) is 4.63. The van der Waals surface area contributed by atoms with Gasteiger partial charge in [0.25, 0.3) is 0 Å². The van der Waals surface area contributed by atoms with Crippen LogP contribution < -0.4 is 0 Å². The summed E-state index contributed by atoms with van der Waals surface area (Å²) < 4.78 is 9.48. The molecule has 1 atom stereocenters. The standard InChI is InChI=1S/C5H8O3/c1-4(6)5-2-7-3-8-5/h2,4,6H,3H2,1H3. The van der Waals surface area contributed by atoms with Crippen molar-refractivity contribution in [2.45, 2.75) is 13.0 Å². The number of hydrogen-bond donors (Lipinski definition) is 1. The first-order chi connectivity index (χ1) is 3.80. The SMILES string of the molecule is CC(O)C1=COCO1. The molecule has 0 saturated carbocycles. The van der Waals surface area contributed by atoms with Gasteiger partial charge in [0.1, 0.15) is 12.4 Å². The van der Waals surface area contributed by atoms with E-state index in [4.69, 9.17) is 9.84 Å². The van der Waals surface area contributed by atoms with Crippen molar-refractivity contribution in [1.29, 1.82) is 0 Å². The fraction of sp³-hybridized carbons (Fsp3) is 0.600. The fourth-order valence-corrected chi connectivity index (χ4v) is 0.471. The molecule has 0 aliphatic carbocycles. The highest BCUT2D eigenvalue weighted by atomic mass is 16.7. The first-order valence-electron chi connectivity index (χ1n) is 2.43. The zero-order valence-electron chi connectivity index (χ0n) is 4.63. The highest BCUT2D eigenvalue weighted by molar-refractivity contribution is 4.95. The molecule has 0 aromatic heterocycles. The number of rotatable bonds is 1. The summed E-state index contributed by atoms with van der Waals surface area (Å²) in [5, 5.41) is 8.78. The summed E-state index contributed by atoms with van der Waals surface area (Å²) in [6.07, 6.45) is 0.877. The lowest BCUT2D eigenvalue weighted by atomic mass is 10.4. The Morgan fingerprint density at radius 3 is 2.88 bits per heavy atom. The van der Waals surface area contributed by atoms with Gasteiger partial charge in [-0.25, -0.2) is 0 Å². The van der Waals surface area contributed by atoms with Crippen LogP contribution >= 0.6 is 0 Å².